The van der Waals surface area contributed by atoms with Crippen molar-refractivity contribution in [3.05, 3.63) is 52.2 Å². The number of amides is 2. The van der Waals surface area contributed by atoms with Gasteiger partial charge in [-0.25, -0.2) is 14.7 Å². The molecule has 0 saturated heterocycles. The molecule has 1 aromatic carbocycles. The lowest BCUT2D eigenvalue weighted by Crippen LogP contribution is -2.38. The lowest BCUT2D eigenvalue weighted by molar-refractivity contribution is 0.238. The average molecular weight is 303 g/mol. The third-order valence-corrected chi connectivity index (χ3v) is 3.46. The summed E-state index contributed by atoms with van der Waals surface area (Å²) >= 11 is 0. The van der Waals surface area contributed by atoms with Crippen LogP contribution < -0.4 is 16.3 Å². The molecule has 0 aliphatic carbocycles. The van der Waals surface area contributed by atoms with Crippen LogP contribution in [0.3, 0.4) is 0 Å². The molecule has 2 amide bonds. The summed E-state index contributed by atoms with van der Waals surface area (Å²) in [5.74, 6) is 0.787. The third-order valence-electron chi connectivity index (χ3n) is 3.46. The highest BCUT2D eigenvalue weighted by Gasteiger charge is 2.10. The summed E-state index contributed by atoms with van der Waals surface area (Å²) in [4.78, 5) is 25.1. The summed E-state index contributed by atoms with van der Waals surface area (Å²) in [6, 6.07) is 9.96. The molecule has 0 unspecified atom stereocenters. The van der Waals surface area contributed by atoms with Crippen molar-refractivity contribution in [2.24, 2.45) is 5.92 Å². The van der Waals surface area contributed by atoms with Gasteiger partial charge in [-0.15, -0.1) is 0 Å². The zero-order valence-electron chi connectivity index (χ0n) is 12.6. The second-order valence-electron chi connectivity index (χ2n) is 5.15. The van der Waals surface area contributed by atoms with Crippen LogP contribution in [0.2, 0.25) is 0 Å². The maximum Gasteiger partial charge on any atom is 0.340 e. The Morgan fingerprint density at radius 3 is 2.68 bits per heavy atom. The first kappa shape index (κ1) is 15.8. The van der Waals surface area contributed by atoms with E-state index >= 15 is 0 Å². The van der Waals surface area contributed by atoms with Crippen LogP contribution >= 0.6 is 0 Å². The topological polar surface area (TPSA) is 103 Å². The maximum absolute atomic E-state index is 11.7. The predicted octanol–water partition coefficient (Wildman–Crippen LogP) is 1.17. The van der Waals surface area contributed by atoms with Gasteiger partial charge in [-0.05, 0) is 17.9 Å². The summed E-state index contributed by atoms with van der Waals surface area (Å²) in [5, 5.41) is 11.5. The molecule has 7 heteroatoms. The van der Waals surface area contributed by atoms with Gasteiger partial charge in [0.15, 0.2) is 0 Å². The van der Waals surface area contributed by atoms with Crippen molar-refractivity contribution in [3.8, 4) is 0 Å². The van der Waals surface area contributed by atoms with E-state index in [1.54, 1.807) is 0 Å². The number of nitrogens with one attached hydrogen (secondary N) is 4. The molecule has 4 N–H and O–H groups in total. The number of aromatic amines is 2. The van der Waals surface area contributed by atoms with Gasteiger partial charge in [0.1, 0.15) is 5.82 Å². The van der Waals surface area contributed by atoms with Gasteiger partial charge in [-0.2, -0.15) is 5.10 Å². The number of rotatable bonds is 7. The van der Waals surface area contributed by atoms with Crippen LogP contribution in [0.1, 0.15) is 24.7 Å². The van der Waals surface area contributed by atoms with Crippen molar-refractivity contribution < 1.29 is 4.79 Å². The van der Waals surface area contributed by atoms with Crippen LogP contribution in [0.25, 0.3) is 0 Å². The van der Waals surface area contributed by atoms with Gasteiger partial charge < -0.3 is 10.6 Å². The number of benzene rings is 1. The molecule has 7 nitrogen and oxygen atoms in total. The molecular weight excluding hydrogens is 282 g/mol. The summed E-state index contributed by atoms with van der Waals surface area (Å²) < 4.78 is 0. The normalized spacial score (nSPS) is 11.9. The summed E-state index contributed by atoms with van der Waals surface area (Å²) in [5.41, 5.74) is 0.886. The minimum atomic E-state index is -0.383. The first-order chi connectivity index (χ1) is 10.7. The van der Waals surface area contributed by atoms with Gasteiger partial charge in [-0.1, -0.05) is 43.7 Å². The van der Waals surface area contributed by atoms with Gasteiger partial charge in [0.2, 0.25) is 0 Å². The van der Waals surface area contributed by atoms with E-state index < -0.39 is 0 Å². The molecule has 2 rings (SSSR count). The van der Waals surface area contributed by atoms with E-state index in [0.29, 0.717) is 18.3 Å². The molecule has 0 aliphatic rings. The van der Waals surface area contributed by atoms with E-state index in [2.05, 4.69) is 44.9 Å². The lowest BCUT2D eigenvalue weighted by atomic mass is 9.97. The molecule has 0 bridgehead atoms. The van der Waals surface area contributed by atoms with Gasteiger partial charge in [-0.3, -0.25) is 4.98 Å². The number of hydrogen-bond acceptors (Lipinski definition) is 3. The Hall–Kier alpha value is -2.57. The number of carbonyl (C=O) groups excluding carboxylic acids is 1. The number of hydrogen-bond donors (Lipinski definition) is 4. The maximum atomic E-state index is 11.7. The summed E-state index contributed by atoms with van der Waals surface area (Å²) in [6.07, 6.45) is 1.92. The fourth-order valence-corrected chi connectivity index (χ4v) is 2.16. The van der Waals surface area contributed by atoms with Crippen LogP contribution in [0, 0.1) is 5.92 Å². The van der Waals surface area contributed by atoms with E-state index in [9.17, 15) is 9.59 Å². The van der Waals surface area contributed by atoms with Crippen LogP contribution in [0.15, 0.2) is 35.1 Å². The monoisotopic (exact) mass is 303 g/mol. The fourth-order valence-electron chi connectivity index (χ4n) is 2.16. The van der Waals surface area contributed by atoms with Crippen LogP contribution in [0.5, 0.6) is 0 Å². The lowest BCUT2D eigenvalue weighted by Gasteiger charge is -2.16. The largest absolute Gasteiger partial charge is 0.340 e. The first-order valence-corrected chi connectivity index (χ1v) is 7.36. The Morgan fingerprint density at radius 2 is 2.05 bits per heavy atom. The highest BCUT2D eigenvalue weighted by Crippen LogP contribution is 2.11. The third kappa shape index (κ3) is 5.08. The molecule has 0 radical (unpaired) electrons. The zero-order chi connectivity index (χ0) is 15.8. The Morgan fingerprint density at radius 1 is 1.27 bits per heavy atom. The number of aromatic nitrogens is 3. The van der Waals surface area contributed by atoms with Crippen LogP contribution in [-0.2, 0) is 13.0 Å². The van der Waals surface area contributed by atoms with Crippen molar-refractivity contribution in [3.63, 3.8) is 0 Å². The van der Waals surface area contributed by atoms with Gasteiger partial charge in [0.05, 0.1) is 6.54 Å². The van der Waals surface area contributed by atoms with Crippen molar-refractivity contribution in [2.45, 2.75) is 26.3 Å². The smallest absolute Gasteiger partial charge is 0.338 e. The minimum Gasteiger partial charge on any atom is -0.338 e. The molecule has 0 saturated carbocycles. The zero-order valence-corrected chi connectivity index (χ0v) is 12.6. The van der Waals surface area contributed by atoms with E-state index in [-0.39, 0.29) is 18.3 Å². The standard InChI is InChI=1S/C15H21N5O2/c1-2-11(8-12-6-4-3-5-7-12)9-16-14(21)17-10-13-18-15(22)20-19-13/h3-7,11H,2,8-10H2,1H3,(H2,16,17,21)(H2,18,19,20,22)/t11-/m1/s1. The molecule has 0 fully saturated rings. The molecule has 1 heterocycles. The second-order valence-corrected chi connectivity index (χ2v) is 5.15. The molecule has 22 heavy (non-hydrogen) atoms. The summed E-state index contributed by atoms with van der Waals surface area (Å²) in [7, 11) is 0. The molecule has 2 aromatic rings. The van der Waals surface area contributed by atoms with Crippen molar-refractivity contribution in [1.82, 2.24) is 25.8 Å². The average Bonchev–Trinajstić information content (AvgIpc) is 2.96. The van der Waals surface area contributed by atoms with Crippen molar-refractivity contribution >= 4 is 6.03 Å². The van der Waals surface area contributed by atoms with Crippen molar-refractivity contribution in [2.75, 3.05) is 6.54 Å². The highest BCUT2D eigenvalue weighted by molar-refractivity contribution is 5.73. The van der Waals surface area contributed by atoms with E-state index in [4.69, 9.17) is 0 Å². The van der Waals surface area contributed by atoms with E-state index in [1.807, 2.05) is 18.2 Å². The van der Waals surface area contributed by atoms with E-state index in [0.717, 1.165) is 12.8 Å². The van der Waals surface area contributed by atoms with Gasteiger partial charge in [0.25, 0.3) is 0 Å². The molecule has 0 aliphatic heterocycles. The second kappa shape index (κ2) is 8.02. The molecule has 1 atom stereocenters. The van der Waals surface area contributed by atoms with Gasteiger partial charge in [0, 0.05) is 6.54 Å². The van der Waals surface area contributed by atoms with Crippen molar-refractivity contribution in [1.29, 1.82) is 0 Å². The van der Waals surface area contributed by atoms with Gasteiger partial charge >= 0.3 is 11.7 Å². The fraction of sp³-hybridized carbons (Fsp3) is 0.400. The summed E-state index contributed by atoms with van der Waals surface area (Å²) in [6.45, 7) is 2.90. The van der Waals surface area contributed by atoms with Crippen LogP contribution in [-0.4, -0.2) is 27.8 Å². The molecule has 0 spiro atoms. The predicted molar refractivity (Wildman–Crippen MR) is 83.4 cm³/mol. The van der Waals surface area contributed by atoms with E-state index in [1.165, 1.54) is 5.56 Å². The Kier molecular flexibility index (Phi) is 5.76. The number of carbonyl (C=O) groups is 1. The number of H-pyrrole nitrogens is 2. The highest BCUT2D eigenvalue weighted by atomic mass is 16.2. The Bertz CT molecular complexity index is 635. The van der Waals surface area contributed by atoms with Crippen LogP contribution in [0.4, 0.5) is 4.79 Å². The SMILES string of the molecule is CC[C@@H](CNC(=O)NCc1n[nH]c(=O)[nH]1)Cc1ccccc1. The quantitative estimate of drug-likeness (QED) is 0.617. The Balaban J connectivity index is 1.73. The first-order valence-electron chi connectivity index (χ1n) is 7.36. The molecular formula is C15H21N5O2. The molecule has 1 aromatic heterocycles. The number of nitrogens with zero attached hydrogens (tertiary/aromatic N) is 1. The Labute approximate surface area is 128 Å². The minimum absolute atomic E-state index is 0.181. The number of urea groups is 1. The molecule has 118 valence electrons.